The van der Waals surface area contributed by atoms with Gasteiger partial charge in [0.15, 0.2) is 0 Å². The Kier molecular flexibility index (Phi) is 6.12. The molecule has 1 rings (SSSR count). The molecule has 8 nitrogen and oxygen atoms in total. The number of nitrogens with zero attached hydrogens (tertiary/aromatic N) is 1. The van der Waals surface area contributed by atoms with Gasteiger partial charge in [0.25, 0.3) is 11.6 Å². The van der Waals surface area contributed by atoms with Crippen LogP contribution in [0, 0.1) is 10.1 Å². The van der Waals surface area contributed by atoms with Gasteiger partial charge in [-0.2, -0.15) is 0 Å². The van der Waals surface area contributed by atoms with Crippen LogP contribution in [0.3, 0.4) is 0 Å². The van der Waals surface area contributed by atoms with Gasteiger partial charge in [0.1, 0.15) is 11.6 Å². The number of thioether (sulfide) groups is 1. The van der Waals surface area contributed by atoms with Crippen LogP contribution in [0.5, 0.6) is 0 Å². The zero-order chi connectivity index (χ0) is 16.0. The van der Waals surface area contributed by atoms with Crippen molar-refractivity contribution in [2.45, 2.75) is 17.4 Å². The van der Waals surface area contributed by atoms with Gasteiger partial charge >= 0.3 is 5.97 Å². The molecule has 0 fully saturated rings. The first-order valence-corrected chi connectivity index (χ1v) is 7.10. The fourth-order valence-electron chi connectivity index (χ4n) is 1.61. The molecule has 0 radical (unpaired) electrons. The van der Waals surface area contributed by atoms with E-state index in [1.807, 2.05) is 0 Å². The molecular formula is C12H14N2O6S. The molecule has 0 unspecified atom stereocenters. The van der Waals surface area contributed by atoms with Crippen LogP contribution in [0.25, 0.3) is 0 Å². The fraction of sp³-hybridized carbons (Fsp3) is 0.333. The van der Waals surface area contributed by atoms with Gasteiger partial charge in [0.2, 0.25) is 0 Å². The topological polar surface area (TPSA) is 130 Å². The van der Waals surface area contributed by atoms with E-state index in [0.717, 1.165) is 0 Å². The number of carbonyl (C=O) groups is 2. The first kappa shape index (κ1) is 16.9. The molecule has 1 aromatic rings. The van der Waals surface area contributed by atoms with Crippen LogP contribution < -0.4 is 5.32 Å². The summed E-state index contributed by atoms with van der Waals surface area (Å²) in [5, 5.41) is 30.8. The van der Waals surface area contributed by atoms with Crippen molar-refractivity contribution >= 4 is 29.3 Å². The number of nitro benzene ring substituents is 1. The van der Waals surface area contributed by atoms with E-state index in [2.05, 4.69) is 5.32 Å². The van der Waals surface area contributed by atoms with Crippen molar-refractivity contribution in [2.24, 2.45) is 0 Å². The van der Waals surface area contributed by atoms with E-state index < -0.39 is 35.1 Å². The molecule has 21 heavy (non-hydrogen) atoms. The van der Waals surface area contributed by atoms with Crippen molar-refractivity contribution in [1.29, 1.82) is 0 Å². The van der Waals surface area contributed by atoms with E-state index in [1.54, 1.807) is 6.26 Å². The van der Waals surface area contributed by atoms with E-state index in [9.17, 15) is 19.7 Å². The second-order valence-corrected chi connectivity index (χ2v) is 4.90. The summed E-state index contributed by atoms with van der Waals surface area (Å²) in [6, 6.07) is 2.72. The molecule has 114 valence electrons. The van der Waals surface area contributed by atoms with Crippen LogP contribution in [-0.2, 0) is 4.79 Å². The average Bonchev–Trinajstić information content (AvgIpc) is 2.45. The first-order chi connectivity index (χ1) is 9.90. The van der Waals surface area contributed by atoms with E-state index in [4.69, 9.17) is 10.2 Å². The Morgan fingerprint density at radius 3 is 2.62 bits per heavy atom. The third kappa shape index (κ3) is 4.43. The van der Waals surface area contributed by atoms with E-state index >= 15 is 0 Å². The van der Waals surface area contributed by atoms with Gasteiger partial charge < -0.3 is 15.5 Å². The Morgan fingerprint density at radius 1 is 1.48 bits per heavy atom. The predicted molar refractivity (Wildman–Crippen MR) is 75.5 cm³/mol. The third-order valence-corrected chi connectivity index (χ3v) is 3.39. The molecular weight excluding hydrogens is 300 g/mol. The largest absolute Gasteiger partial charge is 0.480 e. The lowest BCUT2D eigenvalue weighted by molar-refractivity contribution is -0.385. The van der Waals surface area contributed by atoms with E-state index in [0.29, 0.717) is 4.90 Å². The molecule has 0 aliphatic heterocycles. The number of hydrogen-bond acceptors (Lipinski definition) is 6. The minimum Gasteiger partial charge on any atom is -0.480 e. The molecule has 0 aliphatic carbocycles. The van der Waals surface area contributed by atoms with Crippen LogP contribution in [0.1, 0.15) is 16.8 Å². The minimum atomic E-state index is -1.32. The number of aliphatic hydroxyl groups excluding tert-OH is 1. The standard InChI is InChI=1S/C12H14N2O6S/c1-21-7-2-3-10(14(19)20)8(6-7)11(16)13-9(4-5-15)12(17)18/h2-3,6,9,15H,4-5H2,1H3,(H,13,16)(H,17,18)/t9-/m1/s1. The van der Waals surface area contributed by atoms with Crippen molar-refractivity contribution in [1.82, 2.24) is 5.32 Å². The number of amides is 1. The number of aliphatic hydroxyl groups is 1. The van der Waals surface area contributed by atoms with Crippen LogP contribution in [0.15, 0.2) is 23.1 Å². The summed E-state index contributed by atoms with van der Waals surface area (Å²) >= 11 is 1.30. The Bertz CT molecular complexity index is 563. The highest BCUT2D eigenvalue weighted by atomic mass is 32.2. The van der Waals surface area contributed by atoms with Crippen molar-refractivity contribution in [3.8, 4) is 0 Å². The summed E-state index contributed by atoms with van der Waals surface area (Å²) in [5.74, 6) is -2.18. The highest BCUT2D eigenvalue weighted by molar-refractivity contribution is 7.98. The number of carboxylic acids is 1. The molecule has 0 saturated carbocycles. The maximum Gasteiger partial charge on any atom is 0.326 e. The average molecular weight is 314 g/mol. The quantitative estimate of drug-likeness (QED) is 0.387. The zero-order valence-electron chi connectivity index (χ0n) is 11.1. The van der Waals surface area contributed by atoms with Gasteiger partial charge in [-0.05, 0) is 18.4 Å². The molecule has 0 saturated heterocycles. The maximum absolute atomic E-state index is 12.1. The lowest BCUT2D eigenvalue weighted by Gasteiger charge is -2.13. The Morgan fingerprint density at radius 2 is 2.14 bits per heavy atom. The molecule has 9 heteroatoms. The van der Waals surface area contributed by atoms with Crippen molar-refractivity contribution < 1.29 is 24.7 Å². The smallest absolute Gasteiger partial charge is 0.326 e. The van der Waals surface area contributed by atoms with Crippen molar-refractivity contribution in [3.63, 3.8) is 0 Å². The Labute approximate surface area is 124 Å². The molecule has 0 aromatic heterocycles. The molecule has 0 aliphatic rings. The molecule has 1 aromatic carbocycles. The second-order valence-electron chi connectivity index (χ2n) is 4.02. The van der Waals surface area contributed by atoms with Gasteiger partial charge in [-0.3, -0.25) is 14.9 Å². The van der Waals surface area contributed by atoms with Gasteiger partial charge in [-0.15, -0.1) is 11.8 Å². The van der Waals surface area contributed by atoms with E-state index in [1.165, 1.54) is 30.0 Å². The van der Waals surface area contributed by atoms with Crippen LogP contribution in [0.2, 0.25) is 0 Å². The number of carboxylic acid groups (broad SMARTS) is 1. The number of aliphatic carboxylic acids is 1. The Balaban J connectivity index is 3.09. The van der Waals surface area contributed by atoms with Crippen molar-refractivity contribution in [3.05, 3.63) is 33.9 Å². The number of nitro groups is 1. The van der Waals surface area contributed by atoms with Crippen LogP contribution >= 0.6 is 11.8 Å². The maximum atomic E-state index is 12.1. The van der Waals surface area contributed by atoms with Gasteiger partial charge in [-0.25, -0.2) is 4.79 Å². The number of nitrogens with one attached hydrogen (secondary N) is 1. The lowest BCUT2D eigenvalue weighted by Crippen LogP contribution is -2.41. The van der Waals surface area contributed by atoms with Gasteiger partial charge in [0, 0.05) is 24.0 Å². The van der Waals surface area contributed by atoms with E-state index in [-0.39, 0.29) is 12.0 Å². The SMILES string of the molecule is CSc1ccc([N+](=O)[O-])c(C(=O)N[C@H](CCO)C(=O)O)c1. The zero-order valence-corrected chi connectivity index (χ0v) is 11.9. The third-order valence-electron chi connectivity index (χ3n) is 2.67. The molecule has 3 N–H and O–H groups in total. The number of hydrogen-bond donors (Lipinski definition) is 3. The highest BCUT2D eigenvalue weighted by Gasteiger charge is 2.25. The Hall–Kier alpha value is -2.13. The molecule has 1 amide bonds. The fourth-order valence-corrected chi connectivity index (χ4v) is 2.05. The predicted octanol–water partition coefficient (Wildman–Crippen LogP) is 0.882. The van der Waals surface area contributed by atoms with Crippen molar-refractivity contribution in [2.75, 3.05) is 12.9 Å². The minimum absolute atomic E-state index is 0.183. The van der Waals surface area contributed by atoms with Gasteiger partial charge in [-0.1, -0.05) is 0 Å². The molecule has 0 spiro atoms. The summed E-state index contributed by atoms with van der Waals surface area (Å²) < 4.78 is 0. The lowest BCUT2D eigenvalue weighted by atomic mass is 10.1. The normalized spacial score (nSPS) is 11.7. The first-order valence-electron chi connectivity index (χ1n) is 5.87. The summed E-state index contributed by atoms with van der Waals surface area (Å²) in [6.45, 7) is -0.426. The number of carbonyl (C=O) groups excluding carboxylic acids is 1. The number of benzene rings is 1. The second kappa shape index (κ2) is 7.60. The van der Waals surface area contributed by atoms with Crippen LogP contribution in [-0.4, -0.2) is 45.9 Å². The summed E-state index contributed by atoms with van der Waals surface area (Å²) in [7, 11) is 0. The molecule has 0 bridgehead atoms. The summed E-state index contributed by atoms with van der Waals surface area (Å²) in [6.07, 6.45) is 1.56. The monoisotopic (exact) mass is 314 g/mol. The number of rotatable bonds is 7. The molecule has 0 heterocycles. The highest BCUT2D eigenvalue weighted by Crippen LogP contribution is 2.24. The summed E-state index contributed by atoms with van der Waals surface area (Å²) in [4.78, 5) is 33.9. The summed E-state index contributed by atoms with van der Waals surface area (Å²) in [5.41, 5.74) is -0.616. The van der Waals surface area contributed by atoms with Gasteiger partial charge in [0.05, 0.1) is 4.92 Å². The van der Waals surface area contributed by atoms with Crippen LogP contribution in [0.4, 0.5) is 5.69 Å². The molecule has 1 atom stereocenters.